The Bertz CT molecular complexity index is 1190. The van der Waals surface area contributed by atoms with Gasteiger partial charge in [-0.2, -0.15) is 0 Å². The minimum atomic E-state index is -0.398. The Hall–Kier alpha value is -4.00. The molecule has 144 valence electrons. The molecule has 0 aliphatic heterocycles. The molecule has 4 rings (SSSR count). The summed E-state index contributed by atoms with van der Waals surface area (Å²) in [5.41, 5.74) is 2.67. The number of fused-ring (bicyclic) bond motifs is 1. The lowest BCUT2D eigenvalue weighted by atomic mass is 10.0. The number of ketones is 1. The largest absolute Gasteiger partial charge is 0.462 e. The molecule has 0 saturated carbocycles. The quantitative estimate of drug-likeness (QED) is 0.382. The Morgan fingerprint density at radius 1 is 1.03 bits per heavy atom. The first-order valence-corrected chi connectivity index (χ1v) is 9.13. The highest BCUT2D eigenvalue weighted by Crippen LogP contribution is 2.28. The average Bonchev–Trinajstić information content (AvgIpc) is 3.19. The van der Waals surface area contributed by atoms with Crippen molar-refractivity contribution in [2.75, 3.05) is 11.9 Å². The van der Waals surface area contributed by atoms with E-state index in [1.54, 1.807) is 43.5 Å². The lowest BCUT2D eigenvalue weighted by molar-refractivity contribution is 0.0526. The number of carbonyl (C=O) groups is 2. The summed E-state index contributed by atoms with van der Waals surface area (Å²) in [6.07, 6.45) is 3.04. The Labute approximate surface area is 166 Å². The van der Waals surface area contributed by atoms with E-state index in [0.717, 1.165) is 0 Å². The lowest BCUT2D eigenvalue weighted by Crippen LogP contribution is -2.05. The van der Waals surface area contributed by atoms with E-state index in [-0.39, 0.29) is 5.78 Å². The lowest BCUT2D eigenvalue weighted by Gasteiger charge is -2.09. The van der Waals surface area contributed by atoms with E-state index in [4.69, 9.17) is 4.74 Å². The molecule has 0 aliphatic carbocycles. The van der Waals surface area contributed by atoms with E-state index in [9.17, 15) is 9.59 Å². The first-order chi connectivity index (χ1) is 14.2. The number of aromatic amines is 1. The molecule has 2 aromatic heterocycles. The molecule has 2 heterocycles. The molecular weight excluding hydrogens is 368 g/mol. The molecule has 2 N–H and O–H groups in total. The van der Waals surface area contributed by atoms with Crippen molar-refractivity contribution in [2.24, 2.45) is 0 Å². The third-order valence-electron chi connectivity index (χ3n) is 4.39. The molecule has 0 aliphatic rings. The van der Waals surface area contributed by atoms with Gasteiger partial charge in [0.15, 0.2) is 5.78 Å². The van der Waals surface area contributed by atoms with Crippen LogP contribution in [0.3, 0.4) is 0 Å². The van der Waals surface area contributed by atoms with Gasteiger partial charge in [0.05, 0.1) is 23.1 Å². The van der Waals surface area contributed by atoms with Crippen molar-refractivity contribution in [2.45, 2.75) is 6.92 Å². The van der Waals surface area contributed by atoms with Crippen LogP contribution in [0.5, 0.6) is 0 Å². The van der Waals surface area contributed by atoms with Gasteiger partial charge in [0, 0.05) is 17.4 Å². The van der Waals surface area contributed by atoms with Crippen LogP contribution in [0.15, 0.2) is 67.1 Å². The molecule has 0 unspecified atom stereocenters. The molecule has 0 fully saturated rings. The number of H-pyrrole nitrogens is 1. The van der Waals surface area contributed by atoms with Crippen LogP contribution in [0, 0.1) is 0 Å². The fraction of sp³-hybridized carbons (Fsp3) is 0.0909. The number of ether oxygens (including phenoxy) is 1. The van der Waals surface area contributed by atoms with E-state index in [2.05, 4.69) is 20.3 Å². The monoisotopic (exact) mass is 386 g/mol. The smallest absolute Gasteiger partial charge is 0.338 e. The van der Waals surface area contributed by atoms with Crippen molar-refractivity contribution in [3.05, 3.63) is 83.8 Å². The molecule has 7 heteroatoms. The second-order valence-electron chi connectivity index (χ2n) is 6.27. The third-order valence-corrected chi connectivity index (χ3v) is 4.39. The van der Waals surface area contributed by atoms with Gasteiger partial charge in [-0.25, -0.2) is 14.8 Å². The summed E-state index contributed by atoms with van der Waals surface area (Å²) in [7, 11) is 0. The topological polar surface area (TPSA) is 97.0 Å². The van der Waals surface area contributed by atoms with E-state index in [1.807, 2.05) is 24.3 Å². The minimum Gasteiger partial charge on any atom is -0.462 e. The van der Waals surface area contributed by atoms with E-state index in [0.29, 0.717) is 45.8 Å². The van der Waals surface area contributed by atoms with Gasteiger partial charge in [-0.05, 0) is 25.1 Å². The second kappa shape index (κ2) is 7.93. The highest BCUT2D eigenvalue weighted by atomic mass is 16.5. The standard InChI is InChI=1S/C22H18N4O3/c1-2-29-22(28)15-9-6-10-16(11-15)26-21-18-17(12-23-20(18)24-13-25-21)19(27)14-7-4-3-5-8-14/h3-13H,2H2,1H3,(H2,23,24,25,26). The predicted octanol–water partition coefficient (Wildman–Crippen LogP) is 4.11. The number of nitrogens with zero attached hydrogens (tertiary/aromatic N) is 2. The maximum atomic E-state index is 13.0. The van der Waals surface area contributed by atoms with Crippen LogP contribution < -0.4 is 5.32 Å². The summed E-state index contributed by atoms with van der Waals surface area (Å²) in [5.74, 6) is -0.0583. The maximum Gasteiger partial charge on any atom is 0.338 e. The van der Waals surface area contributed by atoms with E-state index in [1.165, 1.54) is 6.33 Å². The zero-order chi connectivity index (χ0) is 20.2. The van der Waals surface area contributed by atoms with Crippen LogP contribution in [-0.2, 0) is 4.74 Å². The highest BCUT2D eigenvalue weighted by Gasteiger charge is 2.18. The van der Waals surface area contributed by atoms with E-state index >= 15 is 0 Å². The van der Waals surface area contributed by atoms with Crippen molar-refractivity contribution in [1.29, 1.82) is 0 Å². The molecule has 2 aromatic carbocycles. The molecule has 0 saturated heterocycles. The zero-order valence-electron chi connectivity index (χ0n) is 15.7. The molecule has 4 aromatic rings. The van der Waals surface area contributed by atoms with Crippen molar-refractivity contribution >= 4 is 34.3 Å². The summed E-state index contributed by atoms with van der Waals surface area (Å²) in [6, 6.07) is 15.9. The number of hydrogen-bond acceptors (Lipinski definition) is 6. The van der Waals surface area contributed by atoms with Crippen LogP contribution in [0.25, 0.3) is 11.0 Å². The number of esters is 1. The second-order valence-corrected chi connectivity index (χ2v) is 6.27. The summed E-state index contributed by atoms with van der Waals surface area (Å²) >= 11 is 0. The fourth-order valence-electron chi connectivity index (χ4n) is 3.06. The number of aromatic nitrogens is 3. The van der Waals surface area contributed by atoms with Crippen LogP contribution in [0.2, 0.25) is 0 Å². The van der Waals surface area contributed by atoms with Crippen molar-refractivity contribution in [1.82, 2.24) is 15.0 Å². The normalized spacial score (nSPS) is 10.7. The van der Waals surface area contributed by atoms with Gasteiger partial charge in [-0.3, -0.25) is 4.79 Å². The summed E-state index contributed by atoms with van der Waals surface area (Å²) < 4.78 is 5.05. The number of anilines is 2. The van der Waals surface area contributed by atoms with Gasteiger partial charge >= 0.3 is 5.97 Å². The molecule has 0 amide bonds. The van der Waals surface area contributed by atoms with Gasteiger partial charge in [0.1, 0.15) is 17.8 Å². The third kappa shape index (κ3) is 3.70. The summed E-state index contributed by atoms with van der Waals surface area (Å²) in [4.78, 5) is 36.5. The van der Waals surface area contributed by atoms with Crippen molar-refractivity contribution < 1.29 is 14.3 Å². The molecule has 0 bridgehead atoms. The molecule has 7 nitrogen and oxygen atoms in total. The summed E-state index contributed by atoms with van der Waals surface area (Å²) in [5, 5.41) is 3.77. The Morgan fingerprint density at radius 2 is 1.83 bits per heavy atom. The number of carbonyl (C=O) groups excluding carboxylic acids is 2. The zero-order valence-corrected chi connectivity index (χ0v) is 15.7. The Balaban J connectivity index is 1.72. The fourth-order valence-corrected chi connectivity index (χ4v) is 3.06. The highest BCUT2D eigenvalue weighted by molar-refractivity contribution is 6.18. The number of rotatable bonds is 6. The molecule has 29 heavy (non-hydrogen) atoms. The predicted molar refractivity (Wildman–Crippen MR) is 109 cm³/mol. The number of benzene rings is 2. The number of hydrogen-bond donors (Lipinski definition) is 2. The van der Waals surface area contributed by atoms with Gasteiger partial charge in [-0.1, -0.05) is 36.4 Å². The maximum absolute atomic E-state index is 13.0. The van der Waals surface area contributed by atoms with Crippen LogP contribution in [0.4, 0.5) is 11.5 Å². The van der Waals surface area contributed by atoms with Gasteiger partial charge < -0.3 is 15.0 Å². The van der Waals surface area contributed by atoms with Crippen LogP contribution >= 0.6 is 0 Å². The van der Waals surface area contributed by atoms with Gasteiger partial charge in [0.2, 0.25) is 0 Å². The van der Waals surface area contributed by atoms with Crippen LogP contribution in [0.1, 0.15) is 33.2 Å². The Morgan fingerprint density at radius 3 is 2.62 bits per heavy atom. The molecular formula is C22H18N4O3. The molecule has 0 radical (unpaired) electrons. The SMILES string of the molecule is CCOC(=O)c1cccc(Nc2ncnc3[nH]cc(C(=O)c4ccccc4)c23)c1. The van der Waals surface area contributed by atoms with Crippen LogP contribution in [-0.4, -0.2) is 33.3 Å². The average molecular weight is 386 g/mol. The first kappa shape index (κ1) is 18.4. The van der Waals surface area contributed by atoms with Crippen molar-refractivity contribution in [3.63, 3.8) is 0 Å². The summed E-state index contributed by atoms with van der Waals surface area (Å²) in [6.45, 7) is 2.06. The molecule has 0 atom stereocenters. The number of nitrogens with one attached hydrogen (secondary N) is 2. The minimum absolute atomic E-state index is 0.130. The van der Waals surface area contributed by atoms with Gasteiger partial charge in [-0.15, -0.1) is 0 Å². The first-order valence-electron chi connectivity index (χ1n) is 9.13. The van der Waals surface area contributed by atoms with Crippen molar-refractivity contribution in [3.8, 4) is 0 Å². The Kier molecular flexibility index (Phi) is 5.03. The molecule has 0 spiro atoms. The van der Waals surface area contributed by atoms with E-state index < -0.39 is 5.97 Å². The van der Waals surface area contributed by atoms with Gasteiger partial charge in [0.25, 0.3) is 0 Å².